The van der Waals surface area contributed by atoms with E-state index in [9.17, 15) is 5.11 Å². The van der Waals surface area contributed by atoms with Crippen molar-refractivity contribution < 1.29 is 31.3 Å². The number of thiazole rings is 1. The molecular formula is C28H37BrN2O2S. The first-order valence-electron chi connectivity index (χ1n) is 12.2. The van der Waals surface area contributed by atoms with E-state index >= 15 is 0 Å². The van der Waals surface area contributed by atoms with Gasteiger partial charge in [-0.2, -0.15) is 0 Å². The molecule has 0 bridgehead atoms. The van der Waals surface area contributed by atoms with E-state index < -0.39 is 5.60 Å². The van der Waals surface area contributed by atoms with Crippen LogP contribution in [-0.2, 0) is 12.1 Å². The number of halogens is 1. The Morgan fingerprint density at radius 1 is 1.00 bits per heavy atom. The molecule has 0 aliphatic heterocycles. The molecule has 4 nitrogen and oxygen atoms in total. The van der Waals surface area contributed by atoms with Gasteiger partial charge in [-0.3, -0.25) is 0 Å². The summed E-state index contributed by atoms with van der Waals surface area (Å²) in [4.78, 5) is 6.02. The topological polar surface area (TPSA) is 42.4 Å². The first-order chi connectivity index (χ1) is 16.0. The zero-order valence-corrected chi connectivity index (χ0v) is 22.7. The Kier molecular flexibility index (Phi) is 9.72. The summed E-state index contributed by atoms with van der Waals surface area (Å²) in [7, 11) is 4.51. The van der Waals surface area contributed by atoms with E-state index in [2.05, 4.69) is 26.2 Å². The molecule has 0 radical (unpaired) electrons. The van der Waals surface area contributed by atoms with Gasteiger partial charge in [0.15, 0.2) is 0 Å². The SMILES string of the molecule is C[N+](C)(CCCOc1ccccc1)Cc1cnc(C(O)(c2ccccc2)C2CCCCC2)s1.[Br-]. The van der Waals surface area contributed by atoms with Gasteiger partial charge in [0.05, 0.1) is 32.1 Å². The summed E-state index contributed by atoms with van der Waals surface area (Å²) in [5, 5.41) is 12.9. The molecule has 1 atom stereocenters. The lowest BCUT2D eigenvalue weighted by atomic mass is 9.73. The molecule has 0 amide bonds. The van der Waals surface area contributed by atoms with Gasteiger partial charge in [0.2, 0.25) is 0 Å². The Hall–Kier alpha value is -1.73. The summed E-state index contributed by atoms with van der Waals surface area (Å²) < 4.78 is 6.73. The van der Waals surface area contributed by atoms with Crippen LogP contribution in [0.25, 0.3) is 0 Å². The van der Waals surface area contributed by atoms with E-state index in [1.165, 1.54) is 24.1 Å². The third-order valence-corrected chi connectivity index (χ3v) is 7.90. The van der Waals surface area contributed by atoms with Crippen LogP contribution in [0.5, 0.6) is 5.75 Å². The Balaban J connectivity index is 0.00000324. The summed E-state index contributed by atoms with van der Waals surface area (Å²) in [6.07, 6.45) is 8.73. The average molecular weight is 546 g/mol. The van der Waals surface area contributed by atoms with Gasteiger partial charge < -0.3 is 31.3 Å². The second-order valence-electron chi connectivity index (χ2n) is 9.93. The molecule has 0 spiro atoms. The molecule has 1 fully saturated rings. The number of hydrogen-bond acceptors (Lipinski definition) is 4. The maximum absolute atomic E-state index is 12.1. The van der Waals surface area contributed by atoms with Crippen LogP contribution in [0.1, 0.15) is 54.0 Å². The normalized spacial score (nSPS) is 16.4. The first kappa shape index (κ1) is 26.9. The van der Waals surface area contributed by atoms with Crippen molar-refractivity contribution in [3.8, 4) is 5.75 Å². The molecule has 2 aromatic carbocycles. The number of aliphatic hydroxyl groups is 1. The van der Waals surface area contributed by atoms with Gasteiger partial charge in [-0.05, 0) is 36.5 Å². The molecule has 6 heteroatoms. The molecular weight excluding hydrogens is 508 g/mol. The van der Waals surface area contributed by atoms with Crippen LogP contribution in [0, 0.1) is 5.92 Å². The fraction of sp³-hybridized carbons (Fsp3) is 0.464. The van der Waals surface area contributed by atoms with Crippen LogP contribution in [0.15, 0.2) is 66.9 Å². The molecule has 0 saturated heterocycles. The smallest absolute Gasteiger partial charge is 0.144 e. The second kappa shape index (κ2) is 12.3. The Labute approximate surface area is 219 Å². The largest absolute Gasteiger partial charge is 1.00 e. The Bertz CT molecular complexity index is 990. The summed E-state index contributed by atoms with van der Waals surface area (Å²) in [6, 6.07) is 20.2. The zero-order chi connectivity index (χ0) is 23.2. The van der Waals surface area contributed by atoms with Gasteiger partial charge in [-0.15, -0.1) is 11.3 Å². The highest BCUT2D eigenvalue weighted by atomic mass is 79.9. The van der Waals surface area contributed by atoms with Crippen molar-refractivity contribution in [1.29, 1.82) is 0 Å². The minimum atomic E-state index is -0.995. The number of benzene rings is 2. The summed E-state index contributed by atoms with van der Waals surface area (Å²) in [5.74, 6) is 1.16. The molecule has 1 saturated carbocycles. The fourth-order valence-corrected chi connectivity index (χ4v) is 6.32. The zero-order valence-electron chi connectivity index (χ0n) is 20.3. The van der Waals surface area contributed by atoms with Crippen molar-refractivity contribution >= 4 is 11.3 Å². The van der Waals surface area contributed by atoms with Crippen molar-refractivity contribution in [2.75, 3.05) is 27.2 Å². The highest BCUT2D eigenvalue weighted by Gasteiger charge is 2.43. The van der Waals surface area contributed by atoms with Gasteiger partial charge in [0.1, 0.15) is 22.9 Å². The molecule has 1 heterocycles. The van der Waals surface area contributed by atoms with E-state index in [0.29, 0.717) is 0 Å². The fourth-order valence-electron chi connectivity index (χ4n) is 5.00. The van der Waals surface area contributed by atoms with Gasteiger partial charge in [-0.25, -0.2) is 4.98 Å². The average Bonchev–Trinajstić information content (AvgIpc) is 3.31. The number of ether oxygens (including phenoxy) is 1. The molecule has 1 N–H and O–H groups in total. The third-order valence-electron chi connectivity index (χ3n) is 6.79. The summed E-state index contributed by atoms with van der Waals surface area (Å²) in [6.45, 7) is 2.64. The van der Waals surface area contributed by atoms with Crippen molar-refractivity contribution in [3.63, 3.8) is 0 Å². The van der Waals surface area contributed by atoms with Crippen LogP contribution in [0.4, 0.5) is 0 Å². The third kappa shape index (κ3) is 6.69. The molecule has 3 aromatic rings. The van der Waals surface area contributed by atoms with Crippen LogP contribution < -0.4 is 21.7 Å². The maximum Gasteiger partial charge on any atom is 0.144 e. The predicted molar refractivity (Wildman–Crippen MR) is 135 cm³/mol. The van der Waals surface area contributed by atoms with Crippen LogP contribution >= 0.6 is 11.3 Å². The minimum absolute atomic E-state index is 0. The predicted octanol–water partition coefficient (Wildman–Crippen LogP) is 3.01. The summed E-state index contributed by atoms with van der Waals surface area (Å²) in [5.41, 5.74) is -0.0183. The molecule has 1 unspecified atom stereocenters. The van der Waals surface area contributed by atoms with Crippen molar-refractivity contribution in [3.05, 3.63) is 82.3 Å². The van der Waals surface area contributed by atoms with Gasteiger partial charge >= 0.3 is 0 Å². The monoisotopic (exact) mass is 544 g/mol. The Morgan fingerprint density at radius 3 is 2.32 bits per heavy atom. The highest BCUT2D eigenvalue weighted by molar-refractivity contribution is 7.11. The number of quaternary nitrogens is 1. The Morgan fingerprint density at radius 2 is 1.65 bits per heavy atom. The molecule has 1 aromatic heterocycles. The van der Waals surface area contributed by atoms with Crippen LogP contribution in [-0.4, -0.2) is 41.8 Å². The molecule has 184 valence electrons. The number of aromatic nitrogens is 1. The second-order valence-corrected chi connectivity index (χ2v) is 11.0. The minimum Gasteiger partial charge on any atom is -1.00 e. The van der Waals surface area contributed by atoms with Gasteiger partial charge in [-0.1, -0.05) is 67.8 Å². The molecule has 4 rings (SSSR count). The van der Waals surface area contributed by atoms with Crippen molar-refractivity contribution in [2.24, 2.45) is 5.92 Å². The lowest BCUT2D eigenvalue weighted by molar-refractivity contribution is -0.903. The van der Waals surface area contributed by atoms with E-state index in [-0.39, 0.29) is 22.9 Å². The molecule has 1 aliphatic carbocycles. The van der Waals surface area contributed by atoms with E-state index in [4.69, 9.17) is 9.72 Å². The highest BCUT2D eigenvalue weighted by Crippen LogP contribution is 2.45. The van der Waals surface area contributed by atoms with E-state index in [0.717, 1.165) is 59.8 Å². The maximum atomic E-state index is 12.1. The number of rotatable bonds is 10. The van der Waals surface area contributed by atoms with Crippen LogP contribution in [0.2, 0.25) is 0 Å². The van der Waals surface area contributed by atoms with Crippen LogP contribution in [0.3, 0.4) is 0 Å². The lowest BCUT2D eigenvalue weighted by Crippen LogP contribution is -3.00. The first-order valence-corrected chi connectivity index (χ1v) is 13.0. The van der Waals surface area contributed by atoms with Gasteiger partial charge in [0, 0.05) is 12.6 Å². The van der Waals surface area contributed by atoms with E-state index in [1.807, 2.05) is 54.7 Å². The van der Waals surface area contributed by atoms with Gasteiger partial charge in [0.25, 0.3) is 0 Å². The standard InChI is InChI=1S/C28H37N2O2S.BrH/c1-30(2,19-12-20-32-25-17-10-5-11-18-25)22-26-21-29-27(33-26)28(31,23-13-6-3-7-14-23)24-15-8-4-9-16-24;/h3,5-7,10-11,13-14,17-18,21,24,31H,4,8-9,12,15-16,19-20,22H2,1-2H3;1H/q+1;/p-1. The molecule has 1 aliphatic rings. The molecule has 34 heavy (non-hydrogen) atoms. The summed E-state index contributed by atoms with van der Waals surface area (Å²) >= 11 is 1.68. The number of hydrogen-bond donors (Lipinski definition) is 1. The lowest BCUT2D eigenvalue weighted by Gasteiger charge is -2.37. The number of nitrogens with zero attached hydrogens (tertiary/aromatic N) is 2. The van der Waals surface area contributed by atoms with Crippen molar-refractivity contribution in [2.45, 2.75) is 50.7 Å². The van der Waals surface area contributed by atoms with E-state index in [1.54, 1.807) is 11.3 Å². The quantitative estimate of drug-likeness (QED) is 0.315. The number of para-hydroxylation sites is 1. The van der Waals surface area contributed by atoms with Crippen molar-refractivity contribution in [1.82, 2.24) is 4.98 Å².